The number of methoxy groups -OCH3 is 1. The average molecular weight is 330 g/mol. The highest BCUT2D eigenvalue weighted by atomic mass is 16.5. The molecule has 1 aromatic carbocycles. The summed E-state index contributed by atoms with van der Waals surface area (Å²) in [7, 11) is 5.77. The van der Waals surface area contributed by atoms with Crippen molar-refractivity contribution in [2.45, 2.75) is 25.9 Å². The number of carbonyl (C=O) groups is 1. The minimum atomic E-state index is 0.111. The van der Waals surface area contributed by atoms with Gasteiger partial charge in [0.2, 0.25) is 5.91 Å². The predicted octanol–water partition coefficient (Wildman–Crippen LogP) is 2.52. The zero-order valence-corrected chi connectivity index (χ0v) is 15.4. The lowest BCUT2D eigenvalue weighted by Gasteiger charge is -2.37. The number of carbonyl (C=O) groups excluding carboxylic acids is 1. The van der Waals surface area contributed by atoms with Gasteiger partial charge < -0.3 is 14.5 Å². The van der Waals surface area contributed by atoms with Gasteiger partial charge in [-0.15, -0.1) is 0 Å². The van der Waals surface area contributed by atoms with E-state index >= 15 is 0 Å². The van der Waals surface area contributed by atoms with Crippen LogP contribution >= 0.6 is 0 Å². The van der Waals surface area contributed by atoms with Crippen LogP contribution in [0.25, 0.3) is 0 Å². The zero-order chi connectivity index (χ0) is 17.5. The summed E-state index contributed by atoms with van der Waals surface area (Å²) in [4.78, 5) is 16.4. The van der Waals surface area contributed by atoms with Gasteiger partial charge in [0.05, 0.1) is 6.10 Å². The fourth-order valence-corrected chi connectivity index (χ4v) is 3.21. The summed E-state index contributed by atoms with van der Waals surface area (Å²) in [5, 5.41) is 0. The molecule has 1 saturated heterocycles. The van der Waals surface area contributed by atoms with Crippen LogP contribution in [0.3, 0.4) is 0 Å². The highest BCUT2D eigenvalue weighted by Crippen LogP contribution is 2.24. The fraction of sp³-hybridized carbons (Fsp3) is 0.550. The Hall–Kier alpha value is -1.65. The SMILES string of the molecule is CO[C@@H]1CCN(C(=O)C=CCN(C)C)C[C@H]1Cc1ccc(C)cc1. The van der Waals surface area contributed by atoms with Crippen molar-refractivity contribution in [3.63, 3.8) is 0 Å². The van der Waals surface area contributed by atoms with Crippen LogP contribution in [0.2, 0.25) is 0 Å². The third kappa shape index (κ3) is 5.46. The lowest BCUT2D eigenvalue weighted by molar-refractivity contribution is -0.130. The molecule has 1 aliphatic heterocycles. The van der Waals surface area contributed by atoms with Gasteiger partial charge in [0, 0.05) is 38.7 Å². The second kappa shape index (κ2) is 9.00. The van der Waals surface area contributed by atoms with Gasteiger partial charge in [-0.25, -0.2) is 0 Å². The van der Waals surface area contributed by atoms with Crippen LogP contribution in [0, 0.1) is 12.8 Å². The van der Waals surface area contributed by atoms with Crippen molar-refractivity contribution in [2.75, 3.05) is 40.8 Å². The van der Waals surface area contributed by atoms with Gasteiger partial charge in [0.1, 0.15) is 0 Å². The minimum Gasteiger partial charge on any atom is -0.381 e. The van der Waals surface area contributed by atoms with Crippen LogP contribution in [0.5, 0.6) is 0 Å². The van der Waals surface area contributed by atoms with E-state index in [9.17, 15) is 4.79 Å². The maximum Gasteiger partial charge on any atom is 0.246 e. The summed E-state index contributed by atoms with van der Waals surface area (Å²) in [6.07, 6.45) is 5.71. The number of nitrogens with zero attached hydrogens (tertiary/aromatic N) is 2. The van der Waals surface area contributed by atoms with Crippen molar-refractivity contribution < 1.29 is 9.53 Å². The van der Waals surface area contributed by atoms with Crippen LogP contribution < -0.4 is 0 Å². The first-order chi connectivity index (χ1) is 11.5. The number of piperidine rings is 1. The Bertz CT molecular complexity index is 551. The van der Waals surface area contributed by atoms with E-state index in [0.29, 0.717) is 5.92 Å². The smallest absolute Gasteiger partial charge is 0.246 e. The first-order valence-electron chi connectivity index (χ1n) is 8.68. The highest BCUT2D eigenvalue weighted by Gasteiger charge is 2.30. The monoisotopic (exact) mass is 330 g/mol. The van der Waals surface area contributed by atoms with Crippen molar-refractivity contribution in [1.82, 2.24) is 9.80 Å². The van der Waals surface area contributed by atoms with Gasteiger partial charge in [0.15, 0.2) is 0 Å². The van der Waals surface area contributed by atoms with Crippen molar-refractivity contribution in [1.29, 1.82) is 0 Å². The quantitative estimate of drug-likeness (QED) is 0.752. The van der Waals surface area contributed by atoms with Gasteiger partial charge in [-0.3, -0.25) is 4.79 Å². The molecule has 0 radical (unpaired) electrons. The van der Waals surface area contributed by atoms with E-state index in [0.717, 1.165) is 32.5 Å². The molecule has 4 heteroatoms. The number of ether oxygens (including phenoxy) is 1. The summed E-state index contributed by atoms with van der Waals surface area (Å²) in [6, 6.07) is 8.65. The lowest BCUT2D eigenvalue weighted by Crippen LogP contribution is -2.46. The molecule has 1 heterocycles. The van der Waals surface area contributed by atoms with Crippen LogP contribution in [0.1, 0.15) is 17.5 Å². The molecule has 1 aromatic rings. The first kappa shape index (κ1) is 18.7. The molecule has 24 heavy (non-hydrogen) atoms. The van der Waals surface area contributed by atoms with Gasteiger partial charge in [-0.05, 0) is 39.4 Å². The molecule has 2 atom stereocenters. The van der Waals surface area contributed by atoms with E-state index in [1.807, 2.05) is 30.0 Å². The number of likely N-dealkylation sites (N-methyl/N-ethyl adjacent to an activating group) is 1. The van der Waals surface area contributed by atoms with Crippen molar-refractivity contribution in [3.8, 4) is 0 Å². The van der Waals surface area contributed by atoms with Gasteiger partial charge in [0.25, 0.3) is 0 Å². The molecule has 0 bridgehead atoms. The summed E-state index contributed by atoms with van der Waals surface area (Å²) in [6.45, 7) is 4.42. The van der Waals surface area contributed by atoms with Gasteiger partial charge >= 0.3 is 0 Å². The number of hydrogen-bond donors (Lipinski definition) is 0. The molecule has 0 N–H and O–H groups in total. The second-order valence-electron chi connectivity index (χ2n) is 6.96. The maximum absolute atomic E-state index is 12.4. The lowest BCUT2D eigenvalue weighted by atomic mass is 9.88. The Morgan fingerprint density at radius 2 is 2.04 bits per heavy atom. The number of likely N-dealkylation sites (tertiary alicyclic amines) is 1. The molecule has 1 amide bonds. The topological polar surface area (TPSA) is 32.8 Å². The molecule has 132 valence electrons. The first-order valence-corrected chi connectivity index (χ1v) is 8.68. The van der Waals surface area contributed by atoms with E-state index < -0.39 is 0 Å². The largest absolute Gasteiger partial charge is 0.381 e. The third-order valence-electron chi connectivity index (χ3n) is 4.63. The Kier molecular flexibility index (Phi) is 7.00. The van der Waals surface area contributed by atoms with E-state index in [1.54, 1.807) is 13.2 Å². The van der Waals surface area contributed by atoms with Crippen LogP contribution in [0.15, 0.2) is 36.4 Å². The van der Waals surface area contributed by atoms with Crippen LogP contribution in [-0.4, -0.2) is 62.7 Å². The Balaban J connectivity index is 1.98. The Labute approximate surface area is 146 Å². The minimum absolute atomic E-state index is 0.111. The summed E-state index contributed by atoms with van der Waals surface area (Å²) < 4.78 is 5.68. The number of aryl methyl sites for hydroxylation is 1. The molecule has 0 unspecified atom stereocenters. The third-order valence-corrected chi connectivity index (χ3v) is 4.63. The fourth-order valence-electron chi connectivity index (χ4n) is 3.21. The number of rotatable bonds is 6. The standard InChI is InChI=1S/C20H30N2O2/c1-16-7-9-17(10-8-16)14-18-15-22(13-11-19(18)24-4)20(23)6-5-12-21(2)3/h5-10,18-19H,11-15H2,1-4H3/t18-,19-/m1/s1. The Morgan fingerprint density at radius 3 is 2.67 bits per heavy atom. The number of benzene rings is 1. The normalized spacial score (nSPS) is 21.6. The van der Waals surface area contributed by atoms with Crippen molar-refractivity contribution >= 4 is 5.91 Å². The van der Waals surface area contributed by atoms with E-state index in [1.165, 1.54) is 11.1 Å². The van der Waals surface area contributed by atoms with Crippen LogP contribution in [0.4, 0.5) is 0 Å². The van der Waals surface area contributed by atoms with E-state index in [2.05, 4.69) is 31.2 Å². The van der Waals surface area contributed by atoms with Crippen molar-refractivity contribution in [2.24, 2.45) is 5.92 Å². The average Bonchev–Trinajstić information content (AvgIpc) is 2.56. The Morgan fingerprint density at radius 1 is 1.33 bits per heavy atom. The van der Waals surface area contributed by atoms with Crippen molar-refractivity contribution in [3.05, 3.63) is 47.5 Å². The molecule has 0 saturated carbocycles. The number of amides is 1. The number of hydrogen-bond acceptors (Lipinski definition) is 3. The summed E-state index contributed by atoms with van der Waals surface area (Å²) in [5.41, 5.74) is 2.58. The highest BCUT2D eigenvalue weighted by molar-refractivity contribution is 5.87. The molecule has 0 aromatic heterocycles. The molecule has 4 nitrogen and oxygen atoms in total. The summed E-state index contributed by atoms with van der Waals surface area (Å²) in [5.74, 6) is 0.456. The van der Waals surface area contributed by atoms with E-state index in [4.69, 9.17) is 4.74 Å². The molecule has 1 fully saturated rings. The predicted molar refractivity (Wildman–Crippen MR) is 98.1 cm³/mol. The van der Waals surface area contributed by atoms with Gasteiger partial charge in [-0.1, -0.05) is 35.9 Å². The molecule has 1 aliphatic rings. The molecular weight excluding hydrogens is 300 g/mol. The molecule has 2 rings (SSSR count). The maximum atomic E-state index is 12.4. The van der Waals surface area contributed by atoms with E-state index in [-0.39, 0.29) is 12.0 Å². The molecule has 0 spiro atoms. The molecular formula is C20H30N2O2. The molecule has 0 aliphatic carbocycles. The summed E-state index contributed by atoms with van der Waals surface area (Å²) >= 11 is 0. The van der Waals surface area contributed by atoms with Crippen LogP contribution in [-0.2, 0) is 16.0 Å². The second-order valence-corrected chi connectivity index (χ2v) is 6.96. The zero-order valence-electron chi connectivity index (χ0n) is 15.4. The van der Waals surface area contributed by atoms with Gasteiger partial charge in [-0.2, -0.15) is 0 Å².